The second-order valence-corrected chi connectivity index (χ2v) is 5.37. The van der Waals surface area contributed by atoms with Crippen LogP contribution < -0.4 is 5.32 Å². The molecule has 0 unspecified atom stereocenters. The summed E-state index contributed by atoms with van der Waals surface area (Å²) < 4.78 is 0. The van der Waals surface area contributed by atoms with Crippen molar-refractivity contribution in [3.63, 3.8) is 0 Å². The fourth-order valence-corrected chi connectivity index (χ4v) is 3.10. The Bertz CT molecular complexity index is 507. The molecule has 0 radical (unpaired) electrons. The van der Waals surface area contributed by atoms with E-state index in [2.05, 4.69) is 15.3 Å². The SMILES string of the molecule is CC(=O)N[C@@H](CSc1ncnc2c1CCC2)C(=O)O. The highest BCUT2D eigenvalue weighted by atomic mass is 32.2. The van der Waals surface area contributed by atoms with E-state index in [9.17, 15) is 9.59 Å². The molecular formula is C12H15N3O3S. The van der Waals surface area contributed by atoms with Gasteiger partial charge in [0.05, 0.1) is 0 Å². The molecule has 102 valence electrons. The van der Waals surface area contributed by atoms with Crippen molar-refractivity contribution in [3.05, 3.63) is 17.6 Å². The van der Waals surface area contributed by atoms with Gasteiger partial charge in [0.1, 0.15) is 17.4 Å². The number of aliphatic carboxylic acids is 1. The number of amides is 1. The van der Waals surface area contributed by atoms with Gasteiger partial charge >= 0.3 is 5.97 Å². The predicted octanol–water partition coefficient (Wildman–Crippen LogP) is 0.647. The Hall–Kier alpha value is -1.63. The number of carboxylic acid groups (broad SMARTS) is 1. The molecule has 1 amide bonds. The first kappa shape index (κ1) is 13.8. The quantitative estimate of drug-likeness (QED) is 0.608. The molecule has 1 aliphatic carbocycles. The number of carbonyl (C=O) groups is 2. The molecule has 0 aromatic carbocycles. The number of carbonyl (C=O) groups excluding carboxylic acids is 1. The summed E-state index contributed by atoms with van der Waals surface area (Å²) in [4.78, 5) is 30.4. The van der Waals surface area contributed by atoms with Crippen molar-refractivity contribution in [3.8, 4) is 0 Å². The van der Waals surface area contributed by atoms with Crippen molar-refractivity contribution < 1.29 is 14.7 Å². The minimum atomic E-state index is -1.03. The smallest absolute Gasteiger partial charge is 0.327 e. The van der Waals surface area contributed by atoms with Gasteiger partial charge in [0.2, 0.25) is 5.91 Å². The van der Waals surface area contributed by atoms with Gasteiger partial charge in [-0.1, -0.05) is 0 Å². The van der Waals surface area contributed by atoms with E-state index >= 15 is 0 Å². The third-order valence-corrected chi connectivity index (χ3v) is 4.02. The molecule has 1 atom stereocenters. The highest BCUT2D eigenvalue weighted by Gasteiger charge is 2.22. The van der Waals surface area contributed by atoms with Gasteiger partial charge in [-0.15, -0.1) is 11.8 Å². The summed E-state index contributed by atoms with van der Waals surface area (Å²) in [7, 11) is 0. The van der Waals surface area contributed by atoms with E-state index in [0.717, 1.165) is 35.5 Å². The fourth-order valence-electron chi connectivity index (χ4n) is 2.04. The van der Waals surface area contributed by atoms with Crippen LogP contribution in [0.2, 0.25) is 0 Å². The number of carboxylic acids is 1. The maximum Gasteiger partial charge on any atom is 0.327 e. The van der Waals surface area contributed by atoms with E-state index < -0.39 is 12.0 Å². The Balaban J connectivity index is 2.03. The lowest BCUT2D eigenvalue weighted by molar-refractivity contribution is -0.140. The molecule has 1 aromatic rings. The van der Waals surface area contributed by atoms with Crippen molar-refractivity contribution in [2.45, 2.75) is 37.3 Å². The second kappa shape index (κ2) is 6.01. The van der Waals surface area contributed by atoms with E-state index in [-0.39, 0.29) is 11.7 Å². The lowest BCUT2D eigenvalue weighted by Gasteiger charge is -2.13. The first-order valence-corrected chi connectivity index (χ1v) is 7.02. The maximum atomic E-state index is 11.0. The van der Waals surface area contributed by atoms with Crippen LogP contribution in [-0.4, -0.2) is 38.7 Å². The van der Waals surface area contributed by atoms with Crippen LogP contribution in [0.1, 0.15) is 24.6 Å². The molecular weight excluding hydrogens is 266 g/mol. The summed E-state index contributed by atoms with van der Waals surface area (Å²) in [5.74, 6) is -1.12. The van der Waals surface area contributed by atoms with E-state index in [1.54, 1.807) is 0 Å². The van der Waals surface area contributed by atoms with Crippen LogP contribution in [0.5, 0.6) is 0 Å². The average Bonchev–Trinajstić information content (AvgIpc) is 2.82. The molecule has 0 saturated heterocycles. The average molecular weight is 281 g/mol. The summed E-state index contributed by atoms with van der Waals surface area (Å²) in [5.41, 5.74) is 2.18. The van der Waals surface area contributed by atoms with Crippen LogP contribution in [0.3, 0.4) is 0 Å². The molecule has 7 heteroatoms. The number of fused-ring (bicyclic) bond motifs is 1. The van der Waals surface area contributed by atoms with Crippen molar-refractivity contribution >= 4 is 23.6 Å². The topological polar surface area (TPSA) is 92.2 Å². The van der Waals surface area contributed by atoms with E-state index in [0.29, 0.717) is 0 Å². The predicted molar refractivity (Wildman–Crippen MR) is 70.0 cm³/mol. The van der Waals surface area contributed by atoms with E-state index in [1.807, 2.05) is 0 Å². The zero-order valence-corrected chi connectivity index (χ0v) is 11.4. The summed E-state index contributed by atoms with van der Waals surface area (Å²) in [6.07, 6.45) is 4.48. The van der Waals surface area contributed by atoms with Crippen LogP contribution in [0, 0.1) is 0 Å². The zero-order valence-electron chi connectivity index (χ0n) is 10.5. The Kier molecular flexibility index (Phi) is 4.36. The fraction of sp³-hybridized carbons (Fsp3) is 0.500. The highest BCUT2D eigenvalue weighted by molar-refractivity contribution is 7.99. The van der Waals surface area contributed by atoms with Gasteiger partial charge in [-0.25, -0.2) is 14.8 Å². The van der Waals surface area contributed by atoms with Gasteiger partial charge in [0.25, 0.3) is 0 Å². The molecule has 0 fully saturated rings. The molecule has 1 aromatic heterocycles. The summed E-state index contributed by atoms with van der Waals surface area (Å²) >= 11 is 1.36. The molecule has 2 rings (SSSR count). The first-order chi connectivity index (χ1) is 9.08. The molecule has 0 aliphatic heterocycles. The highest BCUT2D eigenvalue weighted by Crippen LogP contribution is 2.28. The molecule has 0 saturated carbocycles. The van der Waals surface area contributed by atoms with Gasteiger partial charge in [0, 0.05) is 23.9 Å². The normalized spacial score (nSPS) is 14.8. The van der Waals surface area contributed by atoms with Crippen LogP contribution >= 0.6 is 11.8 Å². The second-order valence-electron chi connectivity index (χ2n) is 4.36. The lowest BCUT2D eigenvalue weighted by atomic mass is 10.3. The van der Waals surface area contributed by atoms with E-state index in [4.69, 9.17) is 5.11 Å². The lowest BCUT2D eigenvalue weighted by Crippen LogP contribution is -2.41. The minimum absolute atomic E-state index is 0.262. The number of hydrogen-bond acceptors (Lipinski definition) is 5. The largest absolute Gasteiger partial charge is 0.480 e. The number of rotatable bonds is 5. The molecule has 2 N–H and O–H groups in total. The van der Waals surface area contributed by atoms with Gasteiger partial charge in [-0.05, 0) is 19.3 Å². The van der Waals surface area contributed by atoms with Crippen molar-refractivity contribution in [1.82, 2.24) is 15.3 Å². The van der Waals surface area contributed by atoms with Crippen molar-refractivity contribution in [1.29, 1.82) is 0 Å². The molecule has 1 aliphatic rings. The van der Waals surface area contributed by atoms with Crippen LogP contribution in [-0.2, 0) is 22.4 Å². The maximum absolute atomic E-state index is 11.0. The molecule has 1 heterocycles. The van der Waals surface area contributed by atoms with Crippen molar-refractivity contribution in [2.24, 2.45) is 0 Å². The summed E-state index contributed by atoms with van der Waals surface area (Å²) in [6.45, 7) is 1.31. The minimum Gasteiger partial charge on any atom is -0.480 e. The van der Waals surface area contributed by atoms with Gasteiger partial charge in [-0.3, -0.25) is 4.79 Å². The molecule has 6 nitrogen and oxygen atoms in total. The van der Waals surface area contributed by atoms with Crippen molar-refractivity contribution in [2.75, 3.05) is 5.75 Å². The number of hydrogen-bond donors (Lipinski definition) is 2. The molecule has 0 bridgehead atoms. The standard InChI is InChI=1S/C12H15N3O3S/c1-7(16)15-10(12(17)18)5-19-11-8-3-2-4-9(8)13-6-14-11/h6,10H,2-5H2,1H3,(H,15,16)(H,17,18)/t10-/m0/s1. The molecule has 0 spiro atoms. The zero-order chi connectivity index (χ0) is 13.8. The summed E-state index contributed by atoms with van der Waals surface area (Å²) in [6, 6.07) is -0.894. The number of aryl methyl sites for hydroxylation is 1. The van der Waals surface area contributed by atoms with Gasteiger partial charge in [-0.2, -0.15) is 0 Å². The Morgan fingerprint density at radius 1 is 1.47 bits per heavy atom. The van der Waals surface area contributed by atoms with Crippen LogP contribution in [0.4, 0.5) is 0 Å². The van der Waals surface area contributed by atoms with Gasteiger partial charge < -0.3 is 10.4 Å². The third kappa shape index (κ3) is 3.44. The molecule has 19 heavy (non-hydrogen) atoms. The van der Waals surface area contributed by atoms with Gasteiger partial charge in [0.15, 0.2) is 0 Å². The summed E-state index contributed by atoms with van der Waals surface area (Å²) in [5, 5.41) is 12.3. The Morgan fingerprint density at radius 2 is 2.26 bits per heavy atom. The first-order valence-electron chi connectivity index (χ1n) is 6.03. The Labute approximate surface area is 115 Å². The number of nitrogens with zero attached hydrogens (tertiary/aromatic N) is 2. The van der Waals surface area contributed by atoms with Crippen LogP contribution in [0.15, 0.2) is 11.4 Å². The Morgan fingerprint density at radius 3 is 2.95 bits per heavy atom. The van der Waals surface area contributed by atoms with E-state index in [1.165, 1.54) is 25.0 Å². The third-order valence-electron chi connectivity index (χ3n) is 2.90. The number of aromatic nitrogens is 2. The number of nitrogens with one attached hydrogen (secondary N) is 1. The van der Waals surface area contributed by atoms with Crippen LogP contribution in [0.25, 0.3) is 0 Å². The number of thioether (sulfide) groups is 1. The monoisotopic (exact) mass is 281 g/mol.